The number of likely N-dealkylation sites (tertiary alicyclic amines) is 1. The van der Waals surface area contributed by atoms with Crippen molar-refractivity contribution in [3.8, 4) is 0 Å². The number of sulfone groups is 2. The van der Waals surface area contributed by atoms with Crippen molar-refractivity contribution in [1.29, 1.82) is 5.41 Å². The molecule has 0 unspecified atom stereocenters. The van der Waals surface area contributed by atoms with Crippen molar-refractivity contribution in [3.05, 3.63) is 56.9 Å². The standard InChI is InChI=1S/C15H7F6NO4S2.C6H14N/c16-14(17,18)27(23,24)11-6-9-8-4-2-1-3-7(8)5-10(9)12(22)13(11)28(25,26)15(19,20)21;1-7(2)5-3-4-6-7/h1-6,22H;3-6H2,1-2H3/q;+1. The molecule has 35 heavy (non-hydrogen) atoms. The third kappa shape index (κ3) is 4.83. The predicted molar refractivity (Wildman–Crippen MR) is 118 cm³/mol. The first-order chi connectivity index (χ1) is 15.8. The summed E-state index contributed by atoms with van der Waals surface area (Å²) in [7, 11) is -8.49. The van der Waals surface area contributed by atoms with Crippen LogP contribution in [0.15, 0.2) is 45.7 Å². The van der Waals surface area contributed by atoms with E-state index in [1.54, 1.807) is 0 Å². The lowest BCUT2D eigenvalue weighted by molar-refractivity contribution is -0.877. The van der Waals surface area contributed by atoms with Gasteiger partial charge in [0.1, 0.15) is 4.91 Å². The SMILES string of the molecule is C[N+]1(C)CCCC1.N=C1C2=Cc3ccccc3C2=CC(S(=O)(=O)C(F)(F)F)=C1S(=O)(=O)C(F)(F)F. The molecule has 0 atom stereocenters. The van der Waals surface area contributed by atoms with Crippen molar-refractivity contribution in [1.82, 2.24) is 0 Å². The molecule has 14 heteroatoms. The minimum Gasteiger partial charge on any atom is -0.328 e. The summed E-state index contributed by atoms with van der Waals surface area (Å²) in [6, 6.07) is 5.69. The smallest absolute Gasteiger partial charge is 0.328 e. The van der Waals surface area contributed by atoms with Gasteiger partial charge in [-0.3, -0.25) is 5.41 Å². The first-order valence-corrected chi connectivity index (χ1v) is 13.1. The molecular weight excluding hydrogens is 522 g/mol. The minimum atomic E-state index is -6.58. The quantitative estimate of drug-likeness (QED) is 0.441. The van der Waals surface area contributed by atoms with E-state index in [-0.39, 0.29) is 22.8 Å². The van der Waals surface area contributed by atoms with Gasteiger partial charge in [0.15, 0.2) is 0 Å². The largest absolute Gasteiger partial charge is 0.502 e. The summed E-state index contributed by atoms with van der Waals surface area (Å²) < 4.78 is 127. The van der Waals surface area contributed by atoms with E-state index in [1.165, 1.54) is 54.7 Å². The topological polar surface area (TPSA) is 92.1 Å². The van der Waals surface area contributed by atoms with Crippen LogP contribution in [0.25, 0.3) is 11.6 Å². The molecule has 0 bridgehead atoms. The highest BCUT2D eigenvalue weighted by Gasteiger charge is 2.57. The highest BCUT2D eigenvalue weighted by atomic mass is 32.2. The molecular formula is C21H21F6N2O4S2+. The molecule has 1 N–H and O–H groups in total. The number of halogens is 6. The van der Waals surface area contributed by atoms with Gasteiger partial charge in [-0.15, -0.1) is 0 Å². The zero-order valence-corrected chi connectivity index (χ0v) is 20.1. The Hall–Kier alpha value is -2.45. The molecule has 1 saturated heterocycles. The second-order valence-electron chi connectivity index (χ2n) is 8.76. The Morgan fingerprint density at radius 1 is 0.800 bits per heavy atom. The monoisotopic (exact) mass is 543 g/mol. The van der Waals surface area contributed by atoms with Crippen molar-refractivity contribution in [2.75, 3.05) is 27.2 Å². The molecule has 2 aliphatic carbocycles. The number of nitrogens with zero attached hydrogens (tertiary/aromatic N) is 1. The highest BCUT2D eigenvalue weighted by Crippen LogP contribution is 2.47. The number of nitrogens with one attached hydrogen (secondary N) is 1. The summed E-state index contributed by atoms with van der Waals surface area (Å²) in [5, 5.41) is 7.82. The number of alkyl halides is 6. The lowest BCUT2D eigenvalue weighted by Gasteiger charge is -2.23. The van der Waals surface area contributed by atoms with Crippen molar-refractivity contribution in [3.63, 3.8) is 0 Å². The maximum Gasteiger partial charge on any atom is 0.502 e. The fourth-order valence-electron chi connectivity index (χ4n) is 3.95. The first kappa shape index (κ1) is 27.1. The van der Waals surface area contributed by atoms with Gasteiger partial charge in [-0.1, -0.05) is 24.3 Å². The Kier molecular flexibility index (Phi) is 6.66. The van der Waals surface area contributed by atoms with Crippen molar-refractivity contribution in [2.24, 2.45) is 0 Å². The van der Waals surface area contributed by atoms with E-state index >= 15 is 0 Å². The van der Waals surface area contributed by atoms with Crippen molar-refractivity contribution >= 4 is 37.0 Å². The Balaban J connectivity index is 0.000000420. The number of allylic oxidation sites excluding steroid dienone is 4. The molecule has 0 spiro atoms. The molecule has 192 valence electrons. The van der Waals surface area contributed by atoms with Crippen LogP contribution < -0.4 is 0 Å². The summed E-state index contributed by atoms with van der Waals surface area (Å²) in [4.78, 5) is -4.38. The molecule has 0 saturated carbocycles. The Labute approximate surface area is 198 Å². The van der Waals surface area contributed by atoms with E-state index in [1.807, 2.05) is 0 Å². The molecule has 0 amide bonds. The lowest BCUT2D eigenvalue weighted by Crippen LogP contribution is -2.35. The van der Waals surface area contributed by atoms with Crippen LogP contribution in [-0.4, -0.2) is 65.2 Å². The van der Waals surface area contributed by atoms with E-state index in [0.29, 0.717) is 0 Å². The maximum absolute atomic E-state index is 13.0. The summed E-state index contributed by atoms with van der Waals surface area (Å²) >= 11 is 0. The molecule has 0 radical (unpaired) electrons. The van der Waals surface area contributed by atoms with Gasteiger partial charge < -0.3 is 4.48 Å². The Bertz CT molecular complexity index is 1380. The fraction of sp³-hybridized carbons (Fsp3) is 0.381. The summed E-state index contributed by atoms with van der Waals surface area (Å²) in [5.41, 5.74) is -13.9. The molecule has 0 aromatic heterocycles. The van der Waals surface area contributed by atoms with Gasteiger partial charge in [0.05, 0.1) is 37.8 Å². The first-order valence-electron chi connectivity index (χ1n) is 10.1. The van der Waals surface area contributed by atoms with Crippen molar-refractivity contribution in [2.45, 2.75) is 23.9 Å². The third-order valence-electron chi connectivity index (χ3n) is 5.78. The van der Waals surface area contributed by atoms with Gasteiger partial charge >= 0.3 is 11.0 Å². The maximum atomic E-state index is 13.0. The van der Waals surface area contributed by atoms with Crippen LogP contribution in [-0.2, 0) is 19.7 Å². The third-order valence-corrected chi connectivity index (χ3v) is 8.99. The van der Waals surface area contributed by atoms with E-state index in [2.05, 4.69) is 14.1 Å². The van der Waals surface area contributed by atoms with E-state index in [4.69, 9.17) is 5.41 Å². The molecule has 6 nitrogen and oxygen atoms in total. The van der Waals surface area contributed by atoms with Crippen LogP contribution >= 0.6 is 0 Å². The van der Waals surface area contributed by atoms with Crippen LogP contribution in [0.4, 0.5) is 26.3 Å². The number of hydrogen-bond acceptors (Lipinski definition) is 5. The molecule has 1 aromatic carbocycles. The van der Waals surface area contributed by atoms with Gasteiger partial charge in [0.25, 0.3) is 19.7 Å². The molecule has 1 heterocycles. The molecule has 1 fully saturated rings. The average molecular weight is 544 g/mol. The van der Waals surface area contributed by atoms with E-state index in [9.17, 15) is 43.2 Å². The molecule has 1 aromatic rings. The number of hydrogen-bond donors (Lipinski definition) is 1. The number of rotatable bonds is 2. The summed E-state index contributed by atoms with van der Waals surface area (Å²) in [5.74, 6) is 0. The van der Waals surface area contributed by atoms with Crippen LogP contribution in [0.2, 0.25) is 0 Å². The van der Waals surface area contributed by atoms with Crippen LogP contribution in [0, 0.1) is 5.41 Å². The van der Waals surface area contributed by atoms with Gasteiger partial charge in [0.2, 0.25) is 0 Å². The van der Waals surface area contributed by atoms with Gasteiger partial charge in [-0.25, -0.2) is 16.8 Å². The fourth-order valence-corrected chi connectivity index (χ4v) is 6.41. The van der Waals surface area contributed by atoms with Crippen molar-refractivity contribution < 1.29 is 47.7 Å². The normalized spacial score (nSPS) is 19.9. The molecule has 4 rings (SSSR count). The zero-order valence-electron chi connectivity index (χ0n) is 18.5. The summed E-state index contributed by atoms with van der Waals surface area (Å²) in [6.07, 6.45) is 4.20. The number of quaternary nitrogens is 1. The number of benzene rings is 1. The molecule has 3 aliphatic rings. The second-order valence-corrected chi connectivity index (χ2v) is 12.5. The Morgan fingerprint density at radius 3 is 1.77 bits per heavy atom. The second kappa shape index (κ2) is 8.59. The van der Waals surface area contributed by atoms with Crippen LogP contribution in [0.1, 0.15) is 24.0 Å². The van der Waals surface area contributed by atoms with Gasteiger partial charge in [-0.2, -0.15) is 26.3 Å². The van der Waals surface area contributed by atoms with Crippen LogP contribution in [0.3, 0.4) is 0 Å². The van der Waals surface area contributed by atoms with E-state index < -0.39 is 51.8 Å². The van der Waals surface area contributed by atoms with Crippen LogP contribution in [0.5, 0.6) is 0 Å². The predicted octanol–water partition coefficient (Wildman–Crippen LogP) is 4.44. The lowest BCUT2D eigenvalue weighted by atomic mass is 9.95. The molecule has 1 aliphatic heterocycles. The summed E-state index contributed by atoms with van der Waals surface area (Å²) in [6.45, 7) is 2.78. The van der Waals surface area contributed by atoms with Gasteiger partial charge in [0, 0.05) is 18.4 Å². The highest BCUT2D eigenvalue weighted by molar-refractivity contribution is 8.00. The van der Waals surface area contributed by atoms with Gasteiger partial charge in [-0.05, 0) is 28.9 Å². The number of fused-ring (bicyclic) bond motifs is 3. The zero-order chi connectivity index (χ0) is 26.6. The average Bonchev–Trinajstić information content (AvgIpc) is 3.29. The Morgan fingerprint density at radius 2 is 1.31 bits per heavy atom. The van der Waals surface area contributed by atoms with E-state index in [0.717, 1.165) is 6.08 Å². The minimum absolute atomic E-state index is 0.153.